The van der Waals surface area contributed by atoms with Gasteiger partial charge in [-0.05, 0) is 6.92 Å². The van der Waals surface area contributed by atoms with Crippen LogP contribution in [0.3, 0.4) is 0 Å². The van der Waals surface area contributed by atoms with Gasteiger partial charge in [0.15, 0.2) is 0 Å². The highest BCUT2D eigenvalue weighted by atomic mass is 16.7. The number of carbonyl (C=O) groups is 1. The number of likely N-dealkylation sites (N-methyl/N-ethyl adjacent to an activating group) is 1. The fraction of sp³-hybridized carbons (Fsp3) is 0.833. The predicted molar refractivity (Wildman–Crippen MR) is 36.5 cm³/mol. The SMILES string of the molecule is CCNC(=O)C(OC)OC. The van der Waals surface area contributed by atoms with Gasteiger partial charge < -0.3 is 14.8 Å². The van der Waals surface area contributed by atoms with Gasteiger partial charge in [0.05, 0.1) is 0 Å². The summed E-state index contributed by atoms with van der Waals surface area (Å²) in [5, 5.41) is 2.56. The molecule has 0 rings (SSSR count). The smallest absolute Gasteiger partial charge is 0.276 e. The molecule has 0 aromatic heterocycles. The summed E-state index contributed by atoms with van der Waals surface area (Å²) >= 11 is 0. The summed E-state index contributed by atoms with van der Waals surface area (Å²) in [6, 6.07) is 0. The van der Waals surface area contributed by atoms with Crippen molar-refractivity contribution in [2.75, 3.05) is 20.8 Å². The molecule has 0 aliphatic heterocycles. The fourth-order valence-electron chi connectivity index (χ4n) is 0.568. The molecule has 1 N–H and O–H groups in total. The Balaban J connectivity index is 3.65. The third-order valence-corrected chi connectivity index (χ3v) is 0.993. The van der Waals surface area contributed by atoms with Crippen LogP contribution < -0.4 is 5.32 Å². The number of carbonyl (C=O) groups excluding carboxylic acids is 1. The molecule has 0 aromatic carbocycles. The highest BCUT2D eigenvalue weighted by molar-refractivity contribution is 5.79. The summed E-state index contributed by atoms with van der Waals surface area (Å²) in [6.45, 7) is 2.42. The van der Waals surface area contributed by atoms with Crippen molar-refractivity contribution in [1.29, 1.82) is 0 Å². The van der Waals surface area contributed by atoms with Crippen molar-refractivity contribution in [1.82, 2.24) is 5.32 Å². The number of ether oxygens (including phenoxy) is 2. The minimum absolute atomic E-state index is 0.243. The highest BCUT2D eigenvalue weighted by Gasteiger charge is 2.14. The second kappa shape index (κ2) is 5.20. The minimum atomic E-state index is -0.778. The van der Waals surface area contributed by atoms with Gasteiger partial charge in [0.25, 0.3) is 5.91 Å². The molecular formula is C6H13NO3. The second-order valence-corrected chi connectivity index (χ2v) is 1.70. The molecule has 1 amide bonds. The van der Waals surface area contributed by atoms with E-state index in [-0.39, 0.29) is 5.91 Å². The summed E-state index contributed by atoms with van der Waals surface area (Å²) in [6.07, 6.45) is -0.778. The Kier molecular flexibility index (Phi) is 4.88. The molecule has 0 aromatic rings. The molecule has 0 unspecified atom stereocenters. The first kappa shape index (κ1) is 9.39. The van der Waals surface area contributed by atoms with Crippen molar-refractivity contribution >= 4 is 5.91 Å². The summed E-state index contributed by atoms with van der Waals surface area (Å²) in [5.74, 6) is -0.243. The van der Waals surface area contributed by atoms with E-state index in [1.807, 2.05) is 6.92 Å². The Morgan fingerprint density at radius 3 is 2.30 bits per heavy atom. The number of rotatable bonds is 4. The molecule has 0 saturated heterocycles. The number of hydrogen-bond donors (Lipinski definition) is 1. The molecule has 0 spiro atoms. The van der Waals surface area contributed by atoms with E-state index in [1.165, 1.54) is 14.2 Å². The number of amides is 1. The van der Waals surface area contributed by atoms with Crippen LogP contribution in [-0.4, -0.2) is 33.0 Å². The molecule has 60 valence electrons. The van der Waals surface area contributed by atoms with Crippen molar-refractivity contribution < 1.29 is 14.3 Å². The van der Waals surface area contributed by atoms with E-state index in [9.17, 15) is 4.79 Å². The van der Waals surface area contributed by atoms with Crippen molar-refractivity contribution in [3.8, 4) is 0 Å². The van der Waals surface area contributed by atoms with Gasteiger partial charge in [-0.15, -0.1) is 0 Å². The maximum atomic E-state index is 10.8. The first-order valence-corrected chi connectivity index (χ1v) is 3.09. The molecule has 0 saturated carbocycles. The zero-order valence-electron chi connectivity index (χ0n) is 6.51. The largest absolute Gasteiger partial charge is 0.352 e. The summed E-state index contributed by atoms with van der Waals surface area (Å²) in [5.41, 5.74) is 0. The lowest BCUT2D eigenvalue weighted by Crippen LogP contribution is -2.36. The van der Waals surface area contributed by atoms with Crippen LogP contribution in [0.25, 0.3) is 0 Å². The van der Waals surface area contributed by atoms with Gasteiger partial charge in [0.2, 0.25) is 6.29 Å². The Labute approximate surface area is 60.5 Å². The van der Waals surface area contributed by atoms with Gasteiger partial charge in [0.1, 0.15) is 0 Å². The number of hydrogen-bond acceptors (Lipinski definition) is 3. The van der Waals surface area contributed by atoms with Crippen LogP contribution in [-0.2, 0) is 14.3 Å². The van der Waals surface area contributed by atoms with Crippen molar-refractivity contribution in [3.63, 3.8) is 0 Å². The Morgan fingerprint density at radius 1 is 1.50 bits per heavy atom. The molecule has 0 bridgehead atoms. The third kappa shape index (κ3) is 2.80. The lowest BCUT2D eigenvalue weighted by Gasteiger charge is -2.11. The maximum Gasteiger partial charge on any atom is 0.276 e. The molecule has 4 heteroatoms. The summed E-state index contributed by atoms with van der Waals surface area (Å²) in [7, 11) is 2.84. The summed E-state index contributed by atoms with van der Waals surface area (Å²) in [4.78, 5) is 10.8. The van der Waals surface area contributed by atoms with Gasteiger partial charge in [-0.3, -0.25) is 4.79 Å². The van der Waals surface area contributed by atoms with Crippen LogP contribution in [0.1, 0.15) is 6.92 Å². The van der Waals surface area contributed by atoms with Crippen molar-refractivity contribution in [2.24, 2.45) is 0 Å². The number of methoxy groups -OCH3 is 2. The second-order valence-electron chi connectivity index (χ2n) is 1.70. The van der Waals surface area contributed by atoms with Gasteiger partial charge >= 0.3 is 0 Å². The molecule has 0 radical (unpaired) electrons. The quantitative estimate of drug-likeness (QED) is 0.557. The van der Waals surface area contributed by atoms with Crippen LogP contribution in [0.2, 0.25) is 0 Å². The van der Waals surface area contributed by atoms with Gasteiger partial charge in [0, 0.05) is 20.8 Å². The van der Waals surface area contributed by atoms with Crippen LogP contribution in [0.5, 0.6) is 0 Å². The fourth-order valence-corrected chi connectivity index (χ4v) is 0.568. The average Bonchev–Trinajstić information content (AvgIpc) is 1.91. The number of nitrogens with one attached hydrogen (secondary N) is 1. The molecule has 4 nitrogen and oxygen atoms in total. The Bertz CT molecular complexity index is 101. The van der Waals surface area contributed by atoms with E-state index in [2.05, 4.69) is 14.8 Å². The topological polar surface area (TPSA) is 47.6 Å². The average molecular weight is 147 g/mol. The van der Waals surface area contributed by atoms with Crippen LogP contribution in [0.4, 0.5) is 0 Å². The first-order chi connectivity index (χ1) is 4.76. The van der Waals surface area contributed by atoms with Crippen molar-refractivity contribution in [2.45, 2.75) is 13.2 Å². The third-order valence-electron chi connectivity index (χ3n) is 0.993. The molecule has 10 heavy (non-hydrogen) atoms. The van der Waals surface area contributed by atoms with E-state index in [0.717, 1.165) is 0 Å². The van der Waals surface area contributed by atoms with E-state index >= 15 is 0 Å². The molecule has 0 heterocycles. The highest BCUT2D eigenvalue weighted by Crippen LogP contribution is 1.88. The van der Waals surface area contributed by atoms with Gasteiger partial charge in [-0.2, -0.15) is 0 Å². The van der Waals surface area contributed by atoms with E-state index in [1.54, 1.807) is 0 Å². The summed E-state index contributed by atoms with van der Waals surface area (Å²) < 4.78 is 9.36. The molecular weight excluding hydrogens is 134 g/mol. The zero-order chi connectivity index (χ0) is 7.98. The monoisotopic (exact) mass is 147 g/mol. The Morgan fingerprint density at radius 2 is 2.00 bits per heavy atom. The standard InChI is InChI=1S/C6H13NO3/c1-4-7-5(8)6(9-2)10-3/h6H,4H2,1-3H3,(H,7,8). The predicted octanol–water partition coefficient (Wildman–Crippen LogP) is -0.259. The molecule has 0 atom stereocenters. The minimum Gasteiger partial charge on any atom is -0.352 e. The van der Waals surface area contributed by atoms with E-state index in [4.69, 9.17) is 0 Å². The maximum absolute atomic E-state index is 10.8. The van der Waals surface area contributed by atoms with Gasteiger partial charge in [-0.1, -0.05) is 0 Å². The Hall–Kier alpha value is -0.610. The lowest BCUT2D eigenvalue weighted by atomic mass is 10.5. The van der Waals surface area contributed by atoms with Crippen molar-refractivity contribution in [3.05, 3.63) is 0 Å². The zero-order valence-corrected chi connectivity index (χ0v) is 6.51. The lowest BCUT2D eigenvalue weighted by molar-refractivity contribution is -0.158. The normalized spacial score (nSPS) is 10.0. The molecule has 0 aliphatic carbocycles. The van der Waals surface area contributed by atoms with Crippen LogP contribution in [0, 0.1) is 0 Å². The van der Waals surface area contributed by atoms with Crippen LogP contribution in [0.15, 0.2) is 0 Å². The van der Waals surface area contributed by atoms with Gasteiger partial charge in [-0.25, -0.2) is 0 Å². The molecule has 0 fully saturated rings. The molecule has 0 aliphatic rings. The van der Waals surface area contributed by atoms with Crippen LogP contribution >= 0.6 is 0 Å². The van der Waals surface area contributed by atoms with E-state index < -0.39 is 6.29 Å². The first-order valence-electron chi connectivity index (χ1n) is 3.09. The van der Waals surface area contributed by atoms with E-state index in [0.29, 0.717) is 6.54 Å².